The fourth-order valence-electron chi connectivity index (χ4n) is 1.34. The van der Waals surface area contributed by atoms with Gasteiger partial charge in [0.25, 0.3) is 0 Å². The number of nitrogens with one attached hydrogen (secondary N) is 1. The van der Waals surface area contributed by atoms with Gasteiger partial charge in [-0.3, -0.25) is 4.79 Å². The largest absolute Gasteiger partial charge is 1.00 e. The number of carbonyl (C=O) groups excluding carboxylic acids is 1. The Morgan fingerprint density at radius 3 is 2.85 bits per heavy atom. The summed E-state index contributed by atoms with van der Waals surface area (Å²) in [6.07, 6.45) is 8.51. The molecule has 0 aromatic rings. The maximum absolute atomic E-state index is 11.0. The van der Waals surface area contributed by atoms with Crippen LogP contribution in [0.5, 0.6) is 0 Å². The number of carbonyl (C=O) groups is 1. The van der Waals surface area contributed by atoms with Crippen LogP contribution in [0.1, 0.15) is 13.3 Å². The molecule has 0 aromatic carbocycles. The third-order valence-electron chi connectivity index (χ3n) is 2.03. The Morgan fingerprint density at radius 1 is 1.38 bits per heavy atom. The normalized spacial score (nSPS) is 19.5. The fraction of sp³-hybridized carbons (Fsp3) is 0.200. The number of amides is 1. The predicted octanol–water partition coefficient (Wildman–Crippen LogP) is -1.52. The van der Waals surface area contributed by atoms with Crippen LogP contribution in [0.4, 0.5) is 0 Å². The summed E-state index contributed by atoms with van der Waals surface area (Å²) < 4.78 is 0. The van der Waals surface area contributed by atoms with Gasteiger partial charge >= 0.3 is 51.4 Å². The summed E-state index contributed by atoms with van der Waals surface area (Å²) in [7, 11) is 0. The van der Waals surface area contributed by atoms with Crippen LogP contribution >= 0.6 is 0 Å². The van der Waals surface area contributed by atoms with Crippen LogP contribution in [0.15, 0.2) is 35.6 Å². The Kier molecular flexibility index (Phi) is 4.00. The zero-order chi connectivity index (χ0) is 8.55. The van der Waals surface area contributed by atoms with Crippen LogP contribution in [0.2, 0.25) is 0 Å². The van der Waals surface area contributed by atoms with Crippen LogP contribution in [0, 0.1) is 5.92 Å². The first-order valence-electron chi connectivity index (χ1n) is 3.98. The van der Waals surface area contributed by atoms with Crippen molar-refractivity contribution in [2.45, 2.75) is 13.3 Å². The molecule has 1 aliphatic carbocycles. The van der Waals surface area contributed by atoms with E-state index in [4.69, 9.17) is 0 Å². The predicted molar refractivity (Wildman–Crippen MR) is 47.0 cm³/mol. The van der Waals surface area contributed by atoms with E-state index in [9.17, 15) is 4.79 Å². The molecule has 3 heteroatoms. The van der Waals surface area contributed by atoms with Gasteiger partial charge in [0.2, 0.25) is 5.91 Å². The minimum Gasteiger partial charge on any atom is -0.338 e. The van der Waals surface area contributed by atoms with Crippen molar-refractivity contribution >= 4 is 5.91 Å². The summed E-state index contributed by atoms with van der Waals surface area (Å²) in [5.41, 5.74) is 2.04. The van der Waals surface area contributed by atoms with Crippen molar-refractivity contribution in [3.05, 3.63) is 41.5 Å². The molecule has 0 fully saturated rings. The molecule has 1 heterocycles. The van der Waals surface area contributed by atoms with Crippen LogP contribution < -0.4 is 56.7 Å². The monoisotopic (exact) mass is 199 g/mol. The van der Waals surface area contributed by atoms with Crippen molar-refractivity contribution < 1.29 is 56.2 Å². The van der Waals surface area contributed by atoms with Crippen molar-refractivity contribution in [2.24, 2.45) is 0 Å². The topological polar surface area (TPSA) is 29.1 Å². The molecule has 0 saturated carbocycles. The SMILES string of the molecule is C[C-]1C=CC2=C(C=C1)NC(=O)C2.[K+]. The van der Waals surface area contributed by atoms with Crippen molar-refractivity contribution in [1.82, 2.24) is 5.32 Å². The van der Waals surface area contributed by atoms with Crippen molar-refractivity contribution in [3.8, 4) is 0 Å². The van der Waals surface area contributed by atoms with Gasteiger partial charge in [0, 0.05) is 6.42 Å². The van der Waals surface area contributed by atoms with E-state index in [1.165, 1.54) is 5.92 Å². The van der Waals surface area contributed by atoms with E-state index in [1.54, 1.807) is 0 Å². The zero-order valence-corrected chi connectivity index (χ0v) is 11.0. The Hall–Kier alpha value is 0.196. The number of allylic oxidation sites excluding steroid dienone is 4. The molecule has 1 amide bonds. The second kappa shape index (κ2) is 4.62. The first kappa shape index (κ1) is 11.3. The van der Waals surface area contributed by atoms with E-state index in [-0.39, 0.29) is 57.3 Å². The molecular formula is C10H10KNO. The zero-order valence-electron chi connectivity index (χ0n) is 7.92. The third-order valence-corrected chi connectivity index (χ3v) is 2.03. The Labute approximate surface area is 121 Å². The van der Waals surface area contributed by atoms with Crippen molar-refractivity contribution in [1.29, 1.82) is 0 Å². The van der Waals surface area contributed by atoms with E-state index < -0.39 is 0 Å². The van der Waals surface area contributed by atoms with E-state index in [2.05, 4.69) is 5.32 Å². The summed E-state index contributed by atoms with van der Waals surface area (Å²) in [5.74, 6) is 1.30. The summed E-state index contributed by atoms with van der Waals surface area (Å²) in [6.45, 7) is 2.04. The van der Waals surface area contributed by atoms with Crippen molar-refractivity contribution in [3.63, 3.8) is 0 Å². The maximum atomic E-state index is 11.0. The van der Waals surface area contributed by atoms with Gasteiger partial charge in [-0.1, -0.05) is 12.5 Å². The molecule has 0 aromatic heterocycles. The molecule has 2 rings (SSSR count). The Bertz CT molecular complexity index is 287. The third kappa shape index (κ3) is 2.57. The smallest absolute Gasteiger partial charge is 0.338 e. The standard InChI is InChI=1S/C10H10NO.K/c1-7-2-4-8-6-10(12)11-9(8)5-3-7;/h2-5H,6H2,1H3,(H,11,12);/q-1;+1. The summed E-state index contributed by atoms with van der Waals surface area (Å²) in [5, 5.41) is 2.81. The molecule has 0 bridgehead atoms. The van der Waals surface area contributed by atoms with Gasteiger partial charge in [-0.2, -0.15) is 24.1 Å². The minimum atomic E-state index is 0. The second-order valence-corrected chi connectivity index (χ2v) is 3.07. The molecule has 0 saturated heterocycles. The van der Waals surface area contributed by atoms with Gasteiger partial charge in [0.15, 0.2) is 0 Å². The van der Waals surface area contributed by atoms with Gasteiger partial charge < -0.3 is 5.32 Å². The molecule has 0 spiro atoms. The fourth-order valence-corrected chi connectivity index (χ4v) is 1.34. The molecule has 0 atom stereocenters. The van der Waals surface area contributed by atoms with Crippen LogP contribution in [0.3, 0.4) is 0 Å². The summed E-state index contributed by atoms with van der Waals surface area (Å²) in [6, 6.07) is 0. The Morgan fingerprint density at radius 2 is 2.08 bits per heavy atom. The minimum absolute atomic E-state index is 0. The molecule has 1 N–H and O–H groups in total. The van der Waals surface area contributed by atoms with Crippen LogP contribution in [-0.4, -0.2) is 5.91 Å². The van der Waals surface area contributed by atoms with E-state index in [1.807, 2.05) is 31.2 Å². The molecular weight excluding hydrogens is 189 g/mol. The second-order valence-electron chi connectivity index (χ2n) is 3.07. The van der Waals surface area contributed by atoms with Gasteiger partial charge in [0.05, 0.1) is 0 Å². The number of rotatable bonds is 0. The molecule has 62 valence electrons. The average Bonchev–Trinajstić information content (AvgIpc) is 2.31. The summed E-state index contributed by atoms with van der Waals surface area (Å²) in [4.78, 5) is 11.0. The number of hydrogen-bond acceptors (Lipinski definition) is 1. The van der Waals surface area contributed by atoms with Crippen LogP contribution in [-0.2, 0) is 4.79 Å². The first-order valence-corrected chi connectivity index (χ1v) is 3.98. The summed E-state index contributed by atoms with van der Waals surface area (Å²) >= 11 is 0. The van der Waals surface area contributed by atoms with Crippen LogP contribution in [0.25, 0.3) is 0 Å². The van der Waals surface area contributed by atoms with Crippen molar-refractivity contribution in [2.75, 3.05) is 0 Å². The Balaban J connectivity index is 0.000000845. The molecule has 2 nitrogen and oxygen atoms in total. The molecule has 1 aliphatic heterocycles. The molecule has 0 unspecified atom stereocenters. The molecule has 2 aliphatic rings. The molecule has 13 heavy (non-hydrogen) atoms. The quantitative estimate of drug-likeness (QED) is 0.373. The molecule has 0 radical (unpaired) electrons. The van der Waals surface area contributed by atoms with Gasteiger partial charge in [-0.05, 0) is 5.70 Å². The number of hydrogen-bond donors (Lipinski definition) is 1. The average molecular weight is 199 g/mol. The van der Waals surface area contributed by atoms with Gasteiger partial charge in [-0.15, -0.1) is 6.08 Å². The van der Waals surface area contributed by atoms with E-state index >= 15 is 0 Å². The van der Waals surface area contributed by atoms with Gasteiger partial charge in [-0.25, -0.2) is 0 Å². The van der Waals surface area contributed by atoms with E-state index in [0.717, 1.165) is 11.3 Å². The first-order chi connectivity index (χ1) is 5.75. The van der Waals surface area contributed by atoms with Gasteiger partial charge in [0.1, 0.15) is 0 Å². The maximum Gasteiger partial charge on any atom is 1.00 e. The van der Waals surface area contributed by atoms with E-state index in [0.29, 0.717) is 6.42 Å².